The molecule has 0 amide bonds. The van der Waals surface area contributed by atoms with Crippen molar-refractivity contribution < 1.29 is 5.21 Å². The van der Waals surface area contributed by atoms with Gasteiger partial charge < -0.3 is 15.8 Å². The van der Waals surface area contributed by atoms with Crippen LogP contribution in [0.5, 0.6) is 0 Å². The monoisotopic (exact) mass is 292 g/mol. The second-order valence-corrected chi connectivity index (χ2v) is 5.45. The summed E-state index contributed by atoms with van der Waals surface area (Å²) < 4.78 is 0. The number of nitrogens with zero attached hydrogens (tertiary/aromatic N) is 3. The maximum atomic E-state index is 9.05. The average Bonchev–Trinajstić information content (AvgIpc) is 2.47. The van der Waals surface area contributed by atoms with E-state index >= 15 is 0 Å². The molecule has 5 nitrogen and oxygen atoms in total. The molecule has 1 rings (SSSR count). The number of amidine groups is 1. The summed E-state index contributed by atoms with van der Waals surface area (Å²) in [5.41, 5.74) is 9.34. The fourth-order valence-electron chi connectivity index (χ4n) is 2.68. The second-order valence-electron chi connectivity index (χ2n) is 5.45. The van der Waals surface area contributed by atoms with Crippen LogP contribution in [0, 0.1) is 19.8 Å². The molecule has 0 aliphatic heterocycles. The number of nitrogens with two attached hydrogens (primary N) is 1. The van der Waals surface area contributed by atoms with Crippen LogP contribution in [0.3, 0.4) is 0 Å². The van der Waals surface area contributed by atoms with Crippen LogP contribution in [-0.2, 0) is 0 Å². The molecular formula is C16H28N4O. The molecule has 0 bridgehead atoms. The van der Waals surface area contributed by atoms with Crippen LogP contribution in [0.1, 0.15) is 50.6 Å². The normalized spacial score (nSPS) is 12.0. The zero-order chi connectivity index (χ0) is 16.0. The Kier molecular flexibility index (Phi) is 6.46. The first-order valence-electron chi connectivity index (χ1n) is 7.69. The summed E-state index contributed by atoms with van der Waals surface area (Å²) in [6.45, 7) is 12.3. The van der Waals surface area contributed by atoms with Crippen molar-refractivity contribution in [2.24, 2.45) is 16.8 Å². The Morgan fingerprint density at radius 2 is 1.95 bits per heavy atom. The molecule has 0 aliphatic rings. The minimum Gasteiger partial charge on any atom is -0.409 e. The minimum atomic E-state index is 0.123. The SMILES string of the molecule is CCC(CC)CN(CC)c1cc(C)nc(C)c1/C(N)=N/O. The van der Waals surface area contributed by atoms with E-state index in [1.165, 1.54) is 0 Å². The lowest BCUT2D eigenvalue weighted by Gasteiger charge is -2.30. The van der Waals surface area contributed by atoms with E-state index in [1.54, 1.807) is 0 Å². The number of rotatable bonds is 7. The summed E-state index contributed by atoms with van der Waals surface area (Å²) >= 11 is 0. The molecule has 0 aliphatic carbocycles. The van der Waals surface area contributed by atoms with Crippen molar-refractivity contribution in [1.82, 2.24) is 4.98 Å². The summed E-state index contributed by atoms with van der Waals surface area (Å²) in [5.74, 6) is 0.761. The molecule has 0 spiro atoms. The molecule has 0 radical (unpaired) electrons. The van der Waals surface area contributed by atoms with Gasteiger partial charge in [0.1, 0.15) is 0 Å². The molecule has 21 heavy (non-hydrogen) atoms. The van der Waals surface area contributed by atoms with Gasteiger partial charge >= 0.3 is 0 Å². The molecule has 1 heterocycles. The van der Waals surface area contributed by atoms with Gasteiger partial charge in [-0.1, -0.05) is 31.8 Å². The molecule has 5 heteroatoms. The van der Waals surface area contributed by atoms with Gasteiger partial charge in [-0.3, -0.25) is 4.98 Å². The van der Waals surface area contributed by atoms with Gasteiger partial charge in [0, 0.05) is 18.8 Å². The Balaban J connectivity index is 3.30. The Bertz CT molecular complexity index is 495. The lowest BCUT2D eigenvalue weighted by atomic mass is 10.0. The van der Waals surface area contributed by atoms with Crippen LogP contribution < -0.4 is 10.6 Å². The number of aryl methyl sites for hydroxylation is 2. The predicted octanol–water partition coefficient (Wildman–Crippen LogP) is 3.06. The lowest BCUT2D eigenvalue weighted by molar-refractivity contribution is 0.318. The quantitative estimate of drug-likeness (QED) is 0.350. The predicted molar refractivity (Wildman–Crippen MR) is 88.2 cm³/mol. The highest BCUT2D eigenvalue weighted by molar-refractivity contribution is 6.03. The van der Waals surface area contributed by atoms with Crippen molar-refractivity contribution in [3.8, 4) is 0 Å². The van der Waals surface area contributed by atoms with E-state index in [9.17, 15) is 0 Å². The highest BCUT2D eigenvalue weighted by Crippen LogP contribution is 2.25. The van der Waals surface area contributed by atoms with Crippen LogP contribution in [0.4, 0.5) is 5.69 Å². The van der Waals surface area contributed by atoms with Crippen molar-refractivity contribution in [3.05, 3.63) is 23.0 Å². The third kappa shape index (κ3) is 4.09. The first-order valence-corrected chi connectivity index (χ1v) is 7.69. The summed E-state index contributed by atoms with van der Waals surface area (Å²) in [7, 11) is 0. The van der Waals surface area contributed by atoms with Crippen molar-refractivity contribution in [3.63, 3.8) is 0 Å². The minimum absolute atomic E-state index is 0.123. The number of hydrogen-bond donors (Lipinski definition) is 2. The Labute approximate surface area is 127 Å². The first-order chi connectivity index (χ1) is 9.98. The van der Waals surface area contributed by atoms with Crippen LogP contribution in [-0.4, -0.2) is 29.1 Å². The molecule has 0 unspecified atom stereocenters. The van der Waals surface area contributed by atoms with E-state index in [2.05, 4.69) is 35.8 Å². The molecule has 0 atom stereocenters. The van der Waals surface area contributed by atoms with E-state index in [0.717, 1.165) is 48.6 Å². The standard InChI is InChI=1S/C16H28N4O/c1-6-13(7-2)10-20(8-3)14-9-11(4)18-12(5)15(14)16(17)19-21/h9,13,21H,6-8,10H2,1-5H3,(H2,17,19). The molecular weight excluding hydrogens is 264 g/mol. The van der Waals surface area contributed by atoms with Crippen molar-refractivity contribution in [2.75, 3.05) is 18.0 Å². The number of hydrogen-bond acceptors (Lipinski definition) is 4. The van der Waals surface area contributed by atoms with Gasteiger partial charge in [-0.2, -0.15) is 0 Å². The fourth-order valence-corrected chi connectivity index (χ4v) is 2.68. The van der Waals surface area contributed by atoms with Gasteiger partial charge in [0.15, 0.2) is 5.84 Å². The Morgan fingerprint density at radius 1 is 1.33 bits per heavy atom. The first kappa shape index (κ1) is 17.3. The molecule has 3 N–H and O–H groups in total. The number of pyridine rings is 1. The zero-order valence-electron chi connectivity index (χ0n) is 13.8. The Morgan fingerprint density at radius 3 is 2.43 bits per heavy atom. The van der Waals surface area contributed by atoms with Crippen molar-refractivity contribution in [1.29, 1.82) is 0 Å². The number of anilines is 1. The van der Waals surface area contributed by atoms with E-state index < -0.39 is 0 Å². The van der Waals surface area contributed by atoms with Gasteiger partial charge in [0.25, 0.3) is 0 Å². The summed E-state index contributed by atoms with van der Waals surface area (Å²) in [5, 5.41) is 12.2. The number of aromatic nitrogens is 1. The summed E-state index contributed by atoms with van der Waals surface area (Å²) in [6, 6.07) is 2.02. The summed E-state index contributed by atoms with van der Waals surface area (Å²) in [4.78, 5) is 6.74. The van der Waals surface area contributed by atoms with E-state index in [0.29, 0.717) is 5.92 Å². The van der Waals surface area contributed by atoms with Crippen LogP contribution in [0.15, 0.2) is 11.2 Å². The smallest absolute Gasteiger partial charge is 0.174 e. The van der Waals surface area contributed by atoms with Gasteiger partial charge in [0.2, 0.25) is 0 Å². The topological polar surface area (TPSA) is 74.7 Å². The molecule has 1 aromatic heterocycles. The summed E-state index contributed by atoms with van der Waals surface area (Å²) in [6.07, 6.45) is 2.30. The molecule has 118 valence electrons. The fraction of sp³-hybridized carbons (Fsp3) is 0.625. The molecule has 0 aromatic carbocycles. The largest absolute Gasteiger partial charge is 0.409 e. The highest BCUT2D eigenvalue weighted by Gasteiger charge is 2.19. The maximum Gasteiger partial charge on any atom is 0.174 e. The highest BCUT2D eigenvalue weighted by atomic mass is 16.4. The van der Waals surface area contributed by atoms with E-state index in [4.69, 9.17) is 10.9 Å². The van der Waals surface area contributed by atoms with Crippen LogP contribution >= 0.6 is 0 Å². The van der Waals surface area contributed by atoms with Gasteiger partial charge in [0.05, 0.1) is 16.9 Å². The molecule has 0 saturated carbocycles. The average molecular weight is 292 g/mol. The molecule has 0 saturated heterocycles. The number of oxime groups is 1. The van der Waals surface area contributed by atoms with Gasteiger partial charge in [-0.25, -0.2) is 0 Å². The Hall–Kier alpha value is -1.78. The second kappa shape index (κ2) is 7.86. The molecule has 0 fully saturated rings. The van der Waals surface area contributed by atoms with Gasteiger partial charge in [-0.05, 0) is 32.8 Å². The van der Waals surface area contributed by atoms with E-state index in [-0.39, 0.29) is 5.84 Å². The van der Waals surface area contributed by atoms with Gasteiger partial charge in [-0.15, -0.1) is 0 Å². The zero-order valence-corrected chi connectivity index (χ0v) is 13.8. The van der Waals surface area contributed by atoms with Crippen LogP contribution in [0.25, 0.3) is 0 Å². The van der Waals surface area contributed by atoms with Crippen molar-refractivity contribution in [2.45, 2.75) is 47.5 Å². The van der Waals surface area contributed by atoms with Crippen LogP contribution in [0.2, 0.25) is 0 Å². The molecule has 1 aromatic rings. The third-order valence-electron chi connectivity index (χ3n) is 4.03. The maximum absolute atomic E-state index is 9.05. The lowest BCUT2D eigenvalue weighted by Crippen LogP contribution is -2.32. The van der Waals surface area contributed by atoms with Crippen molar-refractivity contribution >= 4 is 11.5 Å². The third-order valence-corrected chi connectivity index (χ3v) is 4.03. The van der Waals surface area contributed by atoms with E-state index in [1.807, 2.05) is 19.9 Å².